The lowest BCUT2D eigenvalue weighted by atomic mass is 10.1. The summed E-state index contributed by atoms with van der Waals surface area (Å²) in [5, 5.41) is 2.92. The van der Waals surface area contributed by atoms with Gasteiger partial charge in [-0.25, -0.2) is 4.99 Å². The molecule has 0 spiro atoms. The van der Waals surface area contributed by atoms with Gasteiger partial charge in [0, 0.05) is 42.6 Å². The van der Waals surface area contributed by atoms with Gasteiger partial charge in [0.2, 0.25) is 5.91 Å². The van der Waals surface area contributed by atoms with Gasteiger partial charge in [-0.15, -0.1) is 23.2 Å². The largest absolute Gasteiger partial charge is 0.370 e. The van der Waals surface area contributed by atoms with Crippen LogP contribution in [0.15, 0.2) is 53.5 Å². The number of aliphatic imine (C=N–C) groups is 1. The van der Waals surface area contributed by atoms with Crippen LogP contribution in [0.2, 0.25) is 0 Å². The number of hydrogen-bond donors (Lipinski definition) is 3. The quantitative estimate of drug-likeness (QED) is 0.261. The third-order valence-corrected chi connectivity index (χ3v) is 4.90. The van der Waals surface area contributed by atoms with Gasteiger partial charge in [0.25, 0.3) is 0 Å². The molecular formula is C22H29Cl2N5O. The van der Waals surface area contributed by atoms with Crippen molar-refractivity contribution in [1.82, 2.24) is 0 Å². The molecule has 2 rings (SSSR count). The molecule has 5 N–H and O–H groups in total. The second-order valence-corrected chi connectivity index (χ2v) is 7.63. The number of benzene rings is 2. The first-order chi connectivity index (χ1) is 14.5. The van der Waals surface area contributed by atoms with E-state index in [2.05, 4.69) is 39.5 Å². The summed E-state index contributed by atoms with van der Waals surface area (Å²) >= 11 is 11.7. The second-order valence-electron chi connectivity index (χ2n) is 6.87. The summed E-state index contributed by atoms with van der Waals surface area (Å²) in [6.07, 6.45) is 2.08. The van der Waals surface area contributed by atoms with Crippen LogP contribution in [0.25, 0.3) is 0 Å². The number of anilines is 2. The Morgan fingerprint density at radius 1 is 0.933 bits per heavy atom. The number of nitrogens with one attached hydrogen (secondary N) is 1. The average molecular weight is 450 g/mol. The van der Waals surface area contributed by atoms with E-state index in [9.17, 15) is 4.79 Å². The van der Waals surface area contributed by atoms with Gasteiger partial charge in [0.15, 0.2) is 5.96 Å². The molecule has 2 aromatic carbocycles. The van der Waals surface area contributed by atoms with Crippen LogP contribution in [-0.4, -0.2) is 36.7 Å². The van der Waals surface area contributed by atoms with E-state index in [1.807, 2.05) is 24.3 Å². The zero-order chi connectivity index (χ0) is 21.8. The van der Waals surface area contributed by atoms with Crippen molar-refractivity contribution in [3.05, 3.63) is 59.7 Å². The first-order valence-electron chi connectivity index (χ1n) is 9.92. The summed E-state index contributed by atoms with van der Waals surface area (Å²) in [6, 6.07) is 15.8. The Hall–Kier alpha value is -2.44. The number of hydrogen-bond acceptors (Lipinski definition) is 3. The van der Waals surface area contributed by atoms with Crippen molar-refractivity contribution < 1.29 is 4.79 Å². The molecule has 6 nitrogen and oxygen atoms in total. The van der Waals surface area contributed by atoms with Crippen LogP contribution >= 0.6 is 23.2 Å². The summed E-state index contributed by atoms with van der Waals surface area (Å²) < 4.78 is 0. The van der Waals surface area contributed by atoms with E-state index in [1.165, 1.54) is 5.56 Å². The highest BCUT2D eigenvalue weighted by Crippen LogP contribution is 2.17. The summed E-state index contributed by atoms with van der Waals surface area (Å²) in [5.41, 5.74) is 14.7. The number of guanidine groups is 1. The molecule has 8 heteroatoms. The Bertz CT molecular complexity index is 799. The highest BCUT2D eigenvalue weighted by Gasteiger charge is 2.06. The molecule has 0 fully saturated rings. The lowest BCUT2D eigenvalue weighted by Crippen LogP contribution is -2.27. The van der Waals surface area contributed by atoms with E-state index in [-0.39, 0.29) is 11.9 Å². The molecule has 0 aromatic heterocycles. The summed E-state index contributed by atoms with van der Waals surface area (Å²) in [7, 11) is 0. The smallest absolute Gasteiger partial charge is 0.224 e. The lowest BCUT2D eigenvalue weighted by molar-refractivity contribution is -0.116. The van der Waals surface area contributed by atoms with Crippen molar-refractivity contribution in [2.45, 2.75) is 25.8 Å². The highest BCUT2D eigenvalue weighted by molar-refractivity contribution is 6.18. The lowest BCUT2D eigenvalue weighted by Gasteiger charge is -2.23. The van der Waals surface area contributed by atoms with Gasteiger partial charge in [-0.3, -0.25) is 4.79 Å². The maximum Gasteiger partial charge on any atom is 0.224 e. The number of nitrogens with zero attached hydrogens (tertiary/aromatic N) is 2. The standard InChI is InChI=1S/C22H29Cl2N5O/c23-12-14-29(15-13-24)20-10-6-17(7-11-20)2-1-3-21(30)28-19-8-4-18(5-9-19)16-27-22(25)26/h4-11H,1-3,12-16H2,(H,28,30)(H4,25,26,27). The average Bonchev–Trinajstić information content (AvgIpc) is 2.73. The van der Waals surface area contributed by atoms with Crippen LogP contribution in [0.3, 0.4) is 0 Å². The third kappa shape index (κ3) is 8.51. The molecule has 0 aliphatic carbocycles. The van der Waals surface area contributed by atoms with Gasteiger partial charge in [0.1, 0.15) is 0 Å². The van der Waals surface area contributed by atoms with E-state index >= 15 is 0 Å². The van der Waals surface area contributed by atoms with Crippen LogP contribution in [0, 0.1) is 0 Å². The Balaban J connectivity index is 1.76. The topological polar surface area (TPSA) is 96.7 Å². The van der Waals surface area contributed by atoms with Crippen molar-refractivity contribution in [2.24, 2.45) is 16.5 Å². The van der Waals surface area contributed by atoms with Gasteiger partial charge in [-0.2, -0.15) is 0 Å². The van der Waals surface area contributed by atoms with Crippen LogP contribution in [0.5, 0.6) is 0 Å². The predicted octanol–water partition coefficient (Wildman–Crippen LogP) is 3.71. The molecule has 0 bridgehead atoms. The predicted molar refractivity (Wildman–Crippen MR) is 128 cm³/mol. The molecular weight excluding hydrogens is 421 g/mol. The van der Waals surface area contributed by atoms with E-state index in [4.69, 9.17) is 34.7 Å². The SMILES string of the molecule is NC(N)=NCc1ccc(NC(=O)CCCc2ccc(N(CCCl)CCCl)cc2)cc1. The molecule has 0 aliphatic heterocycles. The Morgan fingerprint density at radius 3 is 2.10 bits per heavy atom. The molecule has 30 heavy (non-hydrogen) atoms. The molecule has 0 saturated carbocycles. The molecule has 0 heterocycles. The maximum absolute atomic E-state index is 12.2. The number of alkyl halides is 2. The Labute approximate surface area is 188 Å². The number of carbonyl (C=O) groups is 1. The van der Waals surface area contributed by atoms with Crippen LogP contribution in [0.1, 0.15) is 24.0 Å². The van der Waals surface area contributed by atoms with E-state index < -0.39 is 0 Å². The van der Waals surface area contributed by atoms with Crippen molar-refractivity contribution in [1.29, 1.82) is 0 Å². The van der Waals surface area contributed by atoms with Gasteiger partial charge in [-0.1, -0.05) is 24.3 Å². The van der Waals surface area contributed by atoms with E-state index in [0.717, 1.165) is 42.9 Å². The number of rotatable bonds is 12. The van der Waals surface area contributed by atoms with Crippen molar-refractivity contribution >= 4 is 46.4 Å². The fourth-order valence-electron chi connectivity index (χ4n) is 3.00. The van der Waals surface area contributed by atoms with Crippen molar-refractivity contribution in [3.8, 4) is 0 Å². The van der Waals surface area contributed by atoms with Gasteiger partial charge in [-0.05, 0) is 48.2 Å². The first-order valence-corrected chi connectivity index (χ1v) is 11.0. The highest BCUT2D eigenvalue weighted by atomic mass is 35.5. The maximum atomic E-state index is 12.2. The molecule has 162 valence electrons. The summed E-state index contributed by atoms with van der Waals surface area (Å²) in [4.78, 5) is 18.3. The molecule has 2 aromatic rings. The minimum absolute atomic E-state index is 0.000932. The van der Waals surface area contributed by atoms with E-state index in [1.54, 1.807) is 0 Å². The molecule has 1 amide bonds. The minimum atomic E-state index is -0.000932. The summed E-state index contributed by atoms with van der Waals surface area (Å²) in [6.45, 7) is 1.96. The number of aryl methyl sites for hydroxylation is 1. The van der Waals surface area contributed by atoms with Crippen molar-refractivity contribution in [2.75, 3.05) is 35.1 Å². The number of carbonyl (C=O) groups excluding carboxylic acids is 1. The molecule has 0 unspecified atom stereocenters. The second kappa shape index (κ2) is 13.0. The number of amides is 1. The third-order valence-electron chi connectivity index (χ3n) is 4.56. The molecule has 0 radical (unpaired) electrons. The van der Waals surface area contributed by atoms with Gasteiger partial charge >= 0.3 is 0 Å². The molecule has 0 atom stereocenters. The first kappa shape index (κ1) is 23.8. The minimum Gasteiger partial charge on any atom is -0.370 e. The fourth-order valence-corrected chi connectivity index (χ4v) is 3.41. The Morgan fingerprint density at radius 2 is 1.53 bits per heavy atom. The van der Waals surface area contributed by atoms with Gasteiger partial charge in [0.05, 0.1) is 6.54 Å². The Kier molecular flexibility index (Phi) is 10.3. The normalized spacial score (nSPS) is 10.5. The number of nitrogens with two attached hydrogens (primary N) is 2. The summed E-state index contributed by atoms with van der Waals surface area (Å²) in [5.74, 6) is 1.18. The van der Waals surface area contributed by atoms with Crippen LogP contribution in [-0.2, 0) is 17.8 Å². The van der Waals surface area contributed by atoms with E-state index in [0.29, 0.717) is 24.7 Å². The molecule has 0 saturated heterocycles. The molecule has 0 aliphatic rings. The zero-order valence-electron chi connectivity index (χ0n) is 17.0. The fraction of sp³-hybridized carbons (Fsp3) is 0.364. The number of halogens is 2. The monoisotopic (exact) mass is 449 g/mol. The van der Waals surface area contributed by atoms with Gasteiger partial charge < -0.3 is 21.7 Å². The van der Waals surface area contributed by atoms with Crippen LogP contribution in [0.4, 0.5) is 11.4 Å². The van der Waals surface area contributed by atoms with Crippen molar-refractivity contribution in [3.63, 3.8) is 0 Å². The van der Waals surface area contributed by atoms with Crippen LogP contribution < -0.4 is 21.7 Å². The zero-order valence-corrected chi connectivity index (χ0v) is 18.5.